The largest absolute Gasteiger partial charge is 0.477 e. The molecule has 252 valence electrons. The Hall–Kier alpha value is -3.90. The fraction of sp³-hybridized carbons (Fsp3) is 0.407. The molecule has 4 amide bonds. The van der Waals surface area contributed by atoms with Crippen molar-refractivity contribution in [2.24, 2.45) is 15.9 Å². The van der Waals surface area contributed by atoms with Crippen LogP contribution >= 0.6 is 47.2 Å². The number of nitrogens with one attached hydrogen (secondary N) is 4. The second-order valence-electron chi connectivity index (χ2n) is 9.51. The molecule has 8 N–H and O–H groups in total. The average molecular weight is 724 g/mol. The molecular formula is C27H33N9O7S4. The number of hydrogen-bond donors (Lipinski definition) is 7. The normalized spacial score (nSPS) is 20.7. The quantitative estimate of drug-likeness (QED) is 0.0256. The first-order valence-corrected chi connectivity index (χ1v) is 17.7. The average Bonchev–Trinajstić information content (AvgIpc) is 3.50. The minimum atomic E-state index is -1.28. The number of aromatic nitrogens is 1. The van der Waals surface area contributed by atoms with Gasteiger partial charge in [-0.3, -0.25) is 34.8 Å². The highest BCUT2D eigenvalue weighted by Gasteiger charge is 2.54. The predicted molar refractivity (Wildman–Crippen MR) is 182 cm³/mol. The molecule has 4 atom stereocenters. The number of aliphatic carboxylic acids is 1. The van der Waals surface area contributed by atoms with Gasteiger partial charge in [0.2, 0.25) is 17.5 Å². The number of oxime groups is 1. The lowest BCUT2D eigenvalue weighted by molar-refractivity contribution is -0.150. The van der Waals surface area contributed by atoms with E-state index in [2.05, 4.69) is 48.7 Å². The Bertz CT molecular complexity index is 1500. The smallest absolute Gasteiger partial charge is 0.353 e. The standard InChI is InChI=1S/C25H31N9O7S4.C2H2/c1-3-15(35)29-11(2)20(36)28-7-8-42-9-12-13(5-4-6-27-12)44-14-10-43-23-17(22(38)34(23)18(14)24(39)40)30-21(37)16(32-41)19-31-25(26)45-33-19;1-2/h4-6,11,17,23,25,41H,3,7-10,26H2,1-2H3,(H,28,36)(H,29,35)(H,30,37)(H,31,33)(H,39,40);1-2H/b32-16-;/t11-,17+,23+,25?;/m0./s1. The summed E-state index contributed by atoms with van der Waals surface area (Å²) in [6.45, 7) is 3.71. The summed E-state index contributed by atoms with van der Waals surface area (Å²) >= 11 is 5.03. The Kier molecular flexibility index (Phi) is 14.3. The summed E-state index contributed by atoms with van der Waals surface area (Å²) in [7, 11) is 0. The van der Waals surface area contributed by atoms with E-state index in [1.54, 1.807) is 26.1 Å². The van der Waals surface area contributed by atoms with Crippen LogP contribution in [0.5, 0.6) is 0 Å². The molecule has 1 fully saturated rings. The summed E-state index contributed by atoms with van der Waals surface area (Å²) in [6.07, 6.45) is 9.93. The van der Waals surface area contributed by atoms with Crippen molar-refractivity contribution < 1.29 is 34.3 Å². The number of hydrogen-bond acceptors (Lipinski definition) is 15. The number of carboxylic acids is 1. The fourth-order valence-electron chi connectivity index (χ4n) is 4.22. The molecule has 47 heavy (non-hydrogen) atoms. The lowest BCUT2D eigenvalue weighted by Gasteiger charge is -2.49. The van der Waals surface area contributed by atoms with E-state index in [4.69, 9.17) is 5.73 Å². The van der Waals surface area contributed by atoms with Crippen molar-refractivity contribution in [1.29, 1.82) is 0 Å². The number of carbonyl (C=O) groups is 5. The first-order valence-electron chi connectivity index (χ1n) is 13.8. The monoisotopic (exact) mass is 723 g/mol. The molecule has 4 rings (SSSR count). The van der Waals surface area contributed by atoms with E-state index in [1.807, 2.05) is 6.07 Å². The van der Waals surface area contributed by atoms with Crippen LogP contribution in [0.4, 0.5) is 0 Å². The van der Waals surface area contributed by atoms with Crippen molar-refractivity contribution in [2.45, 2.75) is 53.9 Å². The number of carbonyl (C=O) groups excluding carboxylic acids is 4. The van der Waals surface area contributed by atoms with Gasteiger partial charge in [-0.15, -0.1) is 24.6 Å². The van der Waals surface area contributed by atoms with Crippen LogP contribution in [0, 0.1) is 12.8 Å². The molecule has 4 heterocycles. The summed E-state index contributed by atoms with van der Waals surface area (Å²) < 4.78 is 2.67. The number of terminal acetylenes is 1. The van der Waals surface area contributed by atoms with Crippen molar-refractivity contribution in [3.05, 3.63) is 34.6 Å². The first-order chi connectivity index (χ1) is 22.5. The molecule has 0 bridgehead atoms. The summed E-state index contributed by atoms with van der Waals surface area (Å²) in [4.78, 5) is 72.6. The van der Waals surface area contributed by atoms with Gasteiger partial charge in [0.05, 0.1) is 5.69 Å². The second-order valence-corrected chi connectivity index (χ2v) is 13.8. The Morgan fingerprint density at radius 3 is 2.70 bits per heavy atom. The van der Waals surface area contributed by atoms with Gasteiger partial charge in [0.1, 0.15) is 23.2 Å². The van der Waals surface area contributed by atoms with E-state index < -0.39 is 46.5 Å². The molecule has 0 spiro atoms. The Morgan fingerprint density at radius 1 is 1.32 bits per heavy atom. The Labute approximate surface area is 287 Å². The molecule has 0 saturated carbocycles. The molecular weight excluding hydrogens is 691 g/mol. The second kappa shape index (κ2) is 17.9. The lowest BCUT2D eigenvalue weighted by Crippen LogP contribution is -2.71. The number of aliphatic imine (C=N–C) groups is 1. The number of nitrogens with zero attached hydrogens (tertiary/aromatic N) is 4. The van der Waals surface area contributed by atoms with Crippen molar-refractivity contribution in [3.8, 4) is 12.8 Å². The highest BCUT2D eigenvalue weighted by Crippen LogP contribution is 2.45. The minimum absolute atomic E-state index is 0.0422. The number of carboxylic acid groups (broad SMARTS) is 1. The highest BCUT2D eigenvalue weighted by molar-refractivity contribution is 8.06. The van der Waals surface area contributed by atoms with Gasteiger partial charge in [0.15, 0.2) is 11.3 Å². The van der Waals surface area contributed by atoms with Gasteiger partial charge in [0, 0.05) is 46.2 Å². The predicted octanol–water partition coefficient (Wildman–Crippen LogP) is 0.106. The topological polar surface area (TPSA) is 241 Å². The van der Waals surface area contributed by atoms with Crippen LogP contribution in [-0.4, -0.2) is 102 Å². The molecule has 1 aromatic heterocycles. The van der Waals surface area contributed by atoms with Gasteiger partial charge in [-0.2, -0.15) is 11.8 Å². The molecule has 20 heteroatoms. The van der Waals surface area contributed by atoms with E-state index in [0.29, 0.717) is 35.1 Å². The third kappa shape index (κ3) is 9.35. The zero-order valence-electron chi connectivity index (χ0n) is 25.2. The summed E-state index contributed by atoms with van der Waals surface area (Å²) in [5.41, 5.74) is 5.04. The highest BCUT2D eigenvalue weighted by atomic mass is 32.2. The molecule has 3 aliphatic rings. The number of pyridine rings is 1. The maximum Gasteiger partial charge on any atom is 0.353 e. The third-order valence-electron chi connectivity index (χ3n) is 6.45. The summed E-state index contributed by atoms with van der Waals surface area (Å²) in [6, 6.07) is 1.88. The Morgan fingerprint density at radius 2 is 2.06 bits per heavy atom. The van der Waals surface area contributed by atoms with Crippen LogP contribution in [0.1, 0.15) is 26.0 Å². The zero-order valence-corrected chi connectivity index (χ0v) is 28.4. The molecule has 1 aromatic rings. The number of rotatable bonds is 14. The number of nitrogens with two attached hydrogens (primary N) is 1. The van der Waals surface area contributed by atoms with E-state index in [9.17, 15) is 34.3 Å². The van der Waals surface area contributed by atoms with E-state index >= 15 is 0 Å². The number of β-lactam (4-membered cyclic amide) rings is 1. The van der Waals surface area contributed by atoms with Crippen molar-refractivity contribution in [1.82, 2.24) is 30.6 Å². The fourth-order valence-corrected chi connectivity index (χ4v) is 8.24. The maximum atomic E-state index is 13.1. The van der Waals surface area contributed by atoms with Gasteiger partial charge < -0.3 is 31.0 Å². The van der Waals surface area contributed by atoms with Crippen LogP contribution in [0.2, 0.25) is 0 Å². The maximum absolute atomic E-state index is 13.1. The van der Waals surface area contributed by atoms with Crippen molar-refractivity contribution in [3.63, 3.8) is 0 Å². The minimum Gasteiger partial charge on any atom is -0.477 e. The first kappa shape index (κ1) is 37.6. The van der Waals surface area contributed by atoms with Crippen LogP contribution in [-0.2, 0) is 29.7 Å². The van der Waals surface area contributed by atoms with Gasteiger partial charge in [0.25, 0.3) is 11.8 Å². The van der Waals surface area contributed by atoms with Gasteiger partial charge in [-0.1, -0.05) is 23.8 Å². The lowest BCUT2D eigenvalue weighted by atomic mass is 10.0. The Balaban J connectivity index is 0.00000294. The number of fused-ring (bicyclic) bond motifs is 1. The molecule has 3 aliphatic heterocycles. The van der Waals surface area contributed by atoms with Crippen molar-refractivity contribution >= 4 is 88.4 Å². The van der Waals surface area contributed by atoms with Crippen LogP contribution in [0.3, 0.4) is 0 Å². The third-order valence-corrected chi connectivity index (χ3v) is 10.7. The van der Waals surface area contributed by atoms with E-state index in [1.165, 1.54) is 35.3 Å². The van der Waals surface area contributed by atoms with Crippen molar-refractivity contribution in [2.75, 3.05) is 18.1 Å². The number of thioether (sulfide) groups is 3. The number of amides is 4. The van der Waals surface area contributed by atoms with Gasteiger partial charge in [-0.25, -0.2) is 9.79 Å². The SMILES string of the molecule is C#C.CCC(=O)N[C@@H](C)C(=O)NCCSCc1ncccc1SC1=C(C(=O)O)N2C(=O)[C@@H](NC(=O)/C(=N\O)C3=NC(N)SN3)[C@H]2SC1. The zero-order chi connectivity index (χ0) is 34.7. The van der Waals surface area contributed by atoms with E-state index in [-0.39, 0.29) is 29.1 Å². The summed E-state index contributed by atoms with van der Waals surface area (Å²) in [5.74, 6) is -1.97. The van der Waals surface area contributed by atoms with Crippen LogP contribution < -0.4 is 26.4 Å². The summed E-state index contributed by atoms with van der Waals surface area (Å²) in [5, 5.41) is 29.6. The molecule has 0 aliphatic carbocycles. The van der Waals surface area contributed by atoms with Crippen LogP contribution in [0.25, 0.3) is 0 Å². The molecule has 1 unspecified atom stereocenters. The molecule has 1 saturated heterocycles. The molecule has 0 radical (unpaired) electrons. The molecule has 0 aromatic carbocycles. The van der Waals surface area contributed by atoms with Gasteiger partial charge in [-0.05, 0) is 31.0 Å². The van der Waals surface area contributed by atoms with Crippen LogP contribution in [0.15, 0.2) is 44.0 Å². The molecule has 16 nitrogen and oxygen atoms in total. The number of amidine groups is 1. The van der Waals surface area contributed by atoms with Gasteiger partial charge >= 0.3 is 5.97 Å². The van der Waals surface area contributed by atoms with E-state index in [0.717, 1.165) is 21.7 Å².